The van der Waals surface area contributed by atoms with Crippen molar-refractivity contribution in [3.63, 3.8) is 0 Å². The highest BCUT2D eigenvalue weighted by molar-refractivity contribution is 6.31. The third-order valence-corrected chi connectivity index (χ3v) is 6.42. The summed E-state index contributed by atoms with van der Waals surface area (Å²) in [6, 6.07) is 8.54. The Hall–Kier alpha value is -2.71. The molecule has 2 aromatic rings. The molecule has 1 aliphatic heterocycles. The summed E-state index contributed by atoms with van der Waals surface area (Å²) in [7, 11) is 0. The fourth-order valence-corrected chi connectivity index (χ4v) is 3.87. The molecule has 0 aliphatic carbocycles. The molecule has 0 spiro atoms. The first-order chi connectivity index (χ1) is 16.8. The van der Waals surface area contributed by atoms with Crippen molar-refractivity contribution in [3.05, 3.63) is 69.2 Å². The Morgan fingerprint density at radius 2 is 1.44 bits per heavy atom. The largest absolute Gasteiger partial charge is 0.481 e. The molecule has 1 heterocycles. The molecular weight excluding hydrogens is 515 g/mol. The van der Waals surface area contributed by atoms with Crippen molar-refractivity contribution in [1.29, 1.82) is 0 Å². The molecule has 0 radical (unpaired) electrons. The monoisotopic (exact) mass is 543 g/mol. The van der Waals surface area contributed by atoms with Gasteiger partial charge in [-0.2, -0.15) is 0 Å². The molecule has 3 rings (SSSR count). The fourth-order valence-electron chi connectivity index (χ4n) is 3.63. The van der Waals surface area contributed by atoms with E-state index < -0.39 is 35.5 Å². The van der Waals surface area contributed by atoms with Crippen molar-refractivity contribution in [1.82, 2.24) is 4.90 Å². The lowest BCUT2D eigenvalue weighted by atomic mass is 9.97. The van der Waals surface area contributed by atoms with Crippen LogP contribution in [0.3, 0.4) is 0 Å². The zero-order valence-corrected chi connectivity index (χ0v) is 21.9. The number of halogens is 4. The molecule has 1 saturated heterocycles. The first-order valence-electron chi connectivity index (χ1n) is 11.4. The lowest BCUT2D eigenvalue weighted by Gasteiger charge is -2.25. The number of imide groups is 1. The molecule has 0 unspecified atom stereocenters. The number of carbonyl (C=O) groups excluding carboxylic acids is 2. The number of hydrogen-bond acceptors (Lipinski definition) is 4. The van der Waals surface area contributed by atoms with E-state index >= 15 is 0 Å². The van der Waals surface area contributed by atoms with Gasteiger partial charge in [0.2, 0.25) is 5.91 Å². The Labute approximate surface area is 219 Å². The lowest BCUT2D eigenvalue weighted by Crippen LogP contribution is -2.44. The Kier molecular flexibility index (Phi) is 10.7. The summed E-state index contributed by atoms with van der Waals surface area (Å²) in [4.78, 5) is 36.1. The maximum absolute atomic E-state index is 13.5. The van der Waals surface area contributed by atoms with Crippen LogP contribution in [0.4, 0.5) is 13.6 Å². The number of nitrogens with zero attached hydrogens (tertiary/aromatic N) is 1. The van der Waals surface area contributed by atoms with Gasteiger partial charge < -0.3 is 9.84 Å². The SMILES string of the molecule is CC(C)[C@H]1COC(=O)N1C(=O)[C@@H](C)Cc1ccc(Cl)c(F)c1.C[C@@H](Cc1ccc(Cl)c(F)c1)C(=O)O. The van der Waals surface area contributed by atoms with Gasteiger partial charge in [-0.25, -0.2) is 18.5 Å². The summed E-state index contributed by atoms with van der Waals surface area (Å²) in [6.07, 6.45) is 0.0446. The number of ether oxygens (including phenoxy) is 1. The van der Waals surface area contributed by atoms with Crippen molar-refractivity contribution in [2.45, 2.75) is 46.6 Å². The first-order valence-corrected chi connectivity index (χ1v) is 12.2. The zero-order chi connectivity index (χ0) is 27.2. The summed E-state index contributed by atoms with van der Waals surface area (Å²) in [5.74, 6) is -3.06. The lowest BCUT2D eigenvalue weighted by molar-refractivity contribution is -0.141. The molecule has 2 aromatic carbocycles. The van der Waals surface area contributed by atoms with Crippen LogP contribution < -0.4 is 0 Å². The molecule has 1 N–H and O–H groups in total. The quantitative estimate of drug-likeness (QED) is 0.436. The number of aliphatic carboxylic acids is 1. The van der Waals surface area contributed by atoms with Crippen molar-refractivity contribution in [2.24, 2.45) is 17.8 Å². The topological polar surface area (TPSA) is 83.9 Å². The molecular formula is C26H29Cl2F2NO5. The maximum atomic E-state index is 13.5. The van der Waals surface area contributed by atoms with E-state index in [-0.39, 0.29) is 34.5 Å². The van der Waals surface area contributed by atoms with Gasteiger partial charge in [0.15, 0.2) is 0 Å². The molecule has 0 aromatic heterocycles. The summed E-state index contributed by atoms with van der Waals surface area (Å²) >= 11 is 11.1. The van der Waals surface area contributed by atoms with E-state index in [0.717, 1.165) is 0 Å². The molecule has 0 bridgehead atoms. The fraction of sp³-hybridized carbons (Fsp3) is 0.423. The van der Waals surface area contributed by atoms with Gasteiger partial charge in [-0.05, 0) is 54.2 Å². The number of amides is 2. The molecule has 1 fully saturated rings. The van der Waals surface area contributed by atoms with Crippen LogP contribution in [0.1, 0.15) is 38.8 Å². The highest BCUT2D eigenvalue weighted by Gasteiger charge is 2.41. The maximum Gasteiger partial charge on any atom is 0.416 e. The van der Waals surface area contributed by atoms with Gasteiger partial charge in [-0.15, -0.1) is 0 Å². The molecule has 36 heavy (non-hydrogen) atoms. The van der Waals surface area contributed by atoms with Crippen molar-refractivity contribution in [2.75, 3.05) is 6.61 Å². The van der Waals surface area contributed by atoms with Crippen LogP contribution in [0, 0.1) is 29.4 Å². The Morgan fingerprint density at radius 3 is 1.86 bits per heavy atom. The molecule has 2 amide bonds. The van der Waals surface area contributed by atoms with Gasteiger partial charge in [0.25, 0.3) is 0 Å². The minimum absolute atomic E-state index is 0.0470. The molecule has 3 atom stereocenters. The highest BCUT2D eigenvalue weighted by Crippen LogP contribution is 2.24. The van der Waals surface area contributed by atoms with Crippen molar-refractivity contribution in [3.8, 4) is 0 Å². The molecule has 6 nitrogen and oxygen atoms in total. The van der Waals surface area contributed by atoms with Crippen molar-refractivity contribution < 1.29 is 33.0 Å². The zero-order valence-electron chi connectivity index (χ0n) is 20.4. The molecule has 1 aliphatic rings. The van der Waals surface area contributed by atoms with Crippen LogP contribution >= 0.6 is 23.2 Å². The van der Waals surface area contributed by atoms with Crippen LogP contribution in [0.5, 0.6) is 0 Å². The number of hydrogen-bond donors (Lipinski definition) is 1. The Bertz CT molecular complexity index is 1110. The average molecular weight is 544 g/mol. The number of rotatable bonds is 7. The van der Waals surface area contributed by atoms with E-state index in [1.165, 1.54) is 29.2 Å². The number of benzene rings is 2. The van der Waals surface area contributed by atoms with Gasteiger partial charge in [0.05, 0.1) is 22.0 Å². The second kappa shape index (κ2) is 13.0. The highest BCUT2D eigenvalue weighted by atomic mass is 35.5. The van der Waals surface area contributed by atoms with Gasteiger partial charge in [-0.1, -0.05) is 63.0 Å². The van der Waals surface area contributed by atoms with E-state index in [2.05, 4.69) is 0 Å². The van der Waals surface area contributed by atoms with E-state index in [1.807, 2.05) is 13.8 Å². The normalized spacial score (nSPS) is 16.8. The average Bonchev–Trinajstić information content (AvgIpc) is 3.20. The molecule has 10 heteroatoms. The predicted molar refractivity (Wildman–Crippen MR) is 133 cm³/mol. The first kappa shape index (κ1) is 29.5. The minimum atomic E-state index is -0.889. The Morgan fingerprint density at radius 1 is 0.972 bits per heavy atom. The van der Waals surface area contributed by atoms with Crippen molar-refractivity contribution >= 4 is 41.2 Å². The molecule has 196 valence electrons. The summed E-state index contributed by atoms with van der Waals surface area (Å²) in [5.41, 5.74) is 1.30. The van der Waals surface area contributed by atoms with E-state index in [4.69, 9.17) is 33.0 Å². The minimum Gasteiger partial charge on any atom is -0.481 e. The standard InChI is InChI=1S/C16H19ClFNO3.C10H10ClFO2/c1-9(2)14-8-22-16(21)19(14)15(20)10(3)6-11-4-5-12(17)13(18)7-11;1-6(10(13)14)4-7-2-3-8(11)9(12)5-7/h4-5,7,9-10,14H,6,8H2,1-3H3;2-3,5-6H,4H2,1H3,(H,13,14)/t10-,14+;6-/m00/s1. The second-order valence-corrected chi connectivity index (χ2v) is 9.96. The van der Waals surface area contributed by atoms with Crippen LogP contribution in [0.2, 0.25) is 10.0 Å². The second-order valence-electron chi connectivity index (χ2n) is 9.14. The molecule has 0 saturated carbocycles. The summed E-state index contributed by atoms with van der Waals surface area (Å²) in [5, 5.41) is 8.75. The van der Waals surface area contributed by atoms with Crippen LogP contribution in [-0.4, -0.2) is 40.6 Å². The predicted octanol–water partition coefficient (Wildman–Crippen LogP) is 6.40. The van der Waals surface area contributed by atoms with E-state index in [9.17, 15) is 23.2 Å². The van der Waals surface area contributed by atoms with Gasteiger partial charge >= 0.3 is 12.1 Å². The van der Waals surface area contributed by atoms with Crippen LogP contribution in [0.15, 0.2) is 36.4 Å². The van der Waals surface area contributed by atoms with Gasteiger partial charge in [0.1, 0.15) is 18.2 Å². The van der Waals surface area contributed by atoms with Crippen LogP contribution in [0.25, 0.3) is 0 Å². The number of carbonyl (C=O) groups is 3. The Balaban J connectivity index is 0.000000281. The van der Waals surface area contributed by atoms with E-state index in [0.29, 0.717) is 24.0 Å². The third-order valence-electron chi connectivity index (χ3n) is 5.81. The van der Waals surface area contributed by atoms with E-state index in [1.54, 1.807) is 26.0 Å². The van der Waals surface area contributed by atoms with Gasteiger partial charge in [0, 0.05) is 5.92 Å². The number of cyclic esters (lactones) is 1. The smallest absolute Gasteiger partial charge is 0.416 e. The third kappa shape index (κ3) is 7.90. The number of carboxylic acid groups (broad SMARTS) is 1. The number of carboxylic acids is 1. The van der Waals surface area contributed by atoms with Crippen LogP contribution in [-0.2, 0) is 27.2 Å². The summed E-state index contributed by atoms with van der Waals surface area (Å²) < 4.78 is 31.4. The summed E-state index contributed by atoms with van der Waals surface area (Å²) in [6.45, 7) is 7.40. The van der Waals surface area contributed by atoms with Gasteiger partial charge in [-0.3, -0.25) is 9.59 Å².